The van der Waals surface area contributed by atoms with Crippen molar-refractivity contribution >= 4 is 0 Å². The third kappa shape index (κ3) is 3.74. The maximum atomic E-state index is 6.31. The molecule has 1 aliphatic carbocycles. The third-order valence-corrected chi connectivity index (χ3v) is 4.74. The maximum Gasteiger partial charge on any atom is 0.137 e. The molecule has 21 heavy (non-hydrogen) atoms. The number of hydrogen-bond donors (Lipinski definition) is 1. The van der Waals surface area contributed by atoms with Crippen molar-refractivity contribution in [1.82, 2.24) is 4.98 Å². The predicted molar refractivity (Wildman–Crippen MR) is 82.4 cm³/mol. The van der Waals surface area contributed by atoms with Crippen molar-refractivity contribution in [2.24, 2.45) is 5.73 Å². The monoisotopic (exact) mass is 290 g/mol. The zero-order chi connectivity index (χ0) is 14.5. The molecule has 0 radical (unpaired) electrons. The summed E-state index contributed by atoms with van der Waals surface area (Å²) in [5.41, 5.74) is 6.71. The van der Waals surface area contributed by atoms with E-state index in [4.69, 9.17) is 15.2 Å². The van der Waals surface area contributed by atoms with Crippen LogP contribution in [-0.4, -0.2) is 29.8 Å². The molecule has 2 fully saturated rings. The highest BCUT2D eigenvalue weighted by atomic mass is 16.6. The van der Waals surface area contributed by atoms with Gasteiger partial charge in [0, 0.05) is 12.1 Å². The predicted octanol–water partition coefficient (Wildman–Crippen LogP) is 2.84. The molecule has 0 bridgehead atoms. The summed E-state index contributed by atoms with van der Waals surface area (Å²) in [6.07, 6.45) is 11.6. The lowest BCUT2D eigenvalue weighted by molar-refractivity contribution is -0.0748. The second-order valence-corrected chi connectivity index (χ2v) is 6.36. The van der Waals surface area contributed by atoms with Gasteiger partial charge in [-0.25, -0.2) is 0 Å². The highest BCUT2D eigenvalue weighted by Crippen LogP contribution is 2.41. The van der Waals surface area contributed by atoms with E-state index in [2.05, 4.69) is 4.98 Å². The molecule has 4 nitrogen and oxygen atoms in total. The summed E-state index contributed by atoms with van der Waals surface area (Å²) in [4.78, 5) is 4.35. The fraction of sp³-hybridized carbons (Fsp3) is 0.706. The van der Waals surface area contributed by atoms with E-state index in [0.717, 1.165) is 24.3 Å². The summed E-state index contributed by atoms with van der Waals surface area (Å²) in [7, 11) is 0. The van der Waals surface area contributed by atoms with Crippen LogP contribution in [0.15, 0.2) is 18.3 Å². The molecule has 1 unspecified atom stereocenters. The zero-order valence-electron chi connectivity index (χ0n) is 12.7. The van der Waals surface area contributed by atoms with Crippen LogP contribution in [0.25, 0.3) is 0 Å². The van der Waals surface area contributed by atoms with Gasteiger partial charge < -0.3 is 15.2 Å². The second-order valence-electron chi connectivity index (χ2n) is 6.36. The van der Waals surface area contributed by atoms with Crippen LogP contribution in [0.5, 0.6) is 5.75 Å². The van der Waals surface area contributed by atoms with Crippen LogP contribution in [0.4, 0.5) is 0 Å². The molecule has 0 aromatic carbocycles. The van der Waals surface area contributed by atoms with Crippen LogP contribution < -0.4 is 10.5 Å². The van der Waals surface area contributed by atoms with Gasteiger partial charge in [0.05, 0.1) is 17.9 Å². The molecule has 1 spiro atoms. The first-order valence-electron chi connectivity index (χ1n) is 8.25. The second kappa shape index (κ2) is 6.75. The van der Waals surface area contributed by atoms with Crippen molar-refractivity contribution in [2.45, 2.75) is 63.1 Å². The van der Waals surface area contributed by atoms with Crippen molar-refractivity contribution in [1.29, 1.82) is 0 Å². The van der Waals surface area contributed by atoms with Crippen molar-refractivity contribution in [3.8, 4) is 5.75 Å². The molecule has 2 aliphatic rings. The largest absolute Gasteiger partial charge is 0.489 e. The fourth-order valence-electron chi connectivity index (χ4n) is 3.56. The number of rotatable bonds is 5. The highest BCUT2D eigenvalue weighted by Gasteiger charge is 2.40. The number of aromatic nitrogens is 1. The molecule has 1 saturated carbocycles. The summed E-state index contributed by atoms with van der Waals surface area (Å²) in [6.45, 7) is 1.27. The summed E-state index contributed by atoms with van der Waals surface area (Å²) in [5.74, 6) is 0.823. The van der Waals surface area contributed by atoms with Crippen LogP contribution in [0.2, 0.25) is 0 Å². The summed E-state index contributed by atoms with van der Waals surface area (Å²) < 4.78 is 12.2. The minimum atomic E-state index is 0.176. The summed E-state index contributed by atoms with van der Waals surface area (Å²) in [5, 5.41) is 0. The first-order valence-corrected chi connectivity index (χ1v) is 8.25. The number of nitrogens with zero attached hydrogens (tertiary/aromatic N) is 1. The number of ether oxygens (including phenoxy) is 2. The Hall–Kier alpha value is -1.13. The molecule has 1 atom stereocenters. The van der Waals surface area contributed by atoms with Gasteiger partial charge in [0.25, 0.3) is 0 Å². The third-order valence-electron chi connectivity index (χ3n) is 4.74. The normalized spacial score (nSPS) is 24.3. The summed E-state index contributed by atoms with van der Waals surface area (Å²) >= 11 is 0. The maximum absolute atomic E-state index is 6.31. The van der Waals surface area contributed by atoms with E-state index in [1.165, 1.54) is 38.5 Å². The lowest BCUT2D eigenvalue weighted by Gasteiger charge is -2.33. The van der Waals surface area contributed by atoms with Gasteiger partial charge in [-0.2, -0.15) is 0 Å². The standard InChI is InChI=1S/C17H26N2O2/c18-11-7-14-4-5-15(12-19-14)20-13-16-6-10-17(21-16)8-2-1-3-9-17/h4-5,12,16H,1-3,6-11,13,18H2. The van der Waals surface area contributed by atoms with Crippen molar-refractivity contribution < 1.29 is 9.47 Å². The Bertz CT molecular complexity index is 441. The Morgan fingerprint density at radius 1 is 1.24 bits per heavy atom. The van der Waals surface area contributed by atoms with Crippen LogP contribution >= 0.6 is 0 Å². The van der Waals surface area contributed by atoms with Crippen LogP contribution in [0.1, 0.15) is 50.6 Å². The minimum Gasteiger partial charge on any atom is -0.489 e. The van der Waals surface area contributed by atoms with Crippen LogP contribution in [0, 0.1) is 0 Å². The number of pyridine rings is 1. The average Bonchev–Trinajstić information content (AvgIpc) is 2.90. The fourth-order valence-corrected chi connectivity index (χ4v) is 3.56. The van der Waals surface area contributed by atoms with Gasteiger partial charge in [-0.1, -0.05) is 19.3 Å². The Morgan fingerprint density at radius 2 is 2.10 bits per heavy atom. The first kappa shape index (κ1) is 14.8. The van der Waals surface area contributed by atoms with Gasteiger partial charge in [-0.05, 0) is 44.4 Å². The van der Waals surface area contributed by atoms with Crippen LogP contribution in [-0.2, 0) is 11.2 Å². The van der Waals surface area contributed by atoms with E-state index in [9.17, 15) is 0 Å². The lowest BCUT2D eigenvalue weighted by atomic mass is 9.83. The lowest BCUT2D eigenvalue weighted by Crippen LogP contribution is -2.32. The topological polar surface area (TPSA) is 57.4 Å². The molecule has 2 N–H and O–H groups in total. The molecule has 2 heterocycles. The highest BCUT2D eigenvalue weighted by molar-refractivity contribution is 5.20. The molecule has 1 aliphatic heterocycles. The average molecular weight is 290 g/mol. The first-order chi connectivity index (χ1) is 10.3. The molecule has 1 aromatic heterocycles. The Labute approximate surface area is 127 Å². The SMILES string of the molecule is NCCc1ccc(OCC2CCC3(CCCCC3)O2)cn1. The van der Waals surface area contributed by atoms with Crippen LogP contribution in [0.3, 0.4) is 0 Å². The minimum absolute atomic E-state index is 0.176. The molecular weight excluding hydrogens is 264 g/mol. The molecule has 1 saturated heterocycles. The molecular formula is C17H26N2O2. The molecule has 4 heteroatoms. The number of nitrogens with two attached hydrogens (primary N) is 1. The van der Waals surface area contributed by atoms with Gasteiger partial charge >= 0.3 is 0 Å². The van der Waals surface area contributed by atoms with Gasteiger partial charge in [-0.15, -0.1) is 0 Å². The molecule has 3 rings (SSSR count). The summed E-state index contributed by atoms with van der Waals surface area (Å²) in [6, 6.07) is 3.96. The van der Waals surface area contributed by atoms with Crippen molar-refractivity contribution in [3.05, 3.63) is 24.0 Å². The number of hydrogen-bond acceptors (Lipinski definition) is 4. The molecule has 1 aromatic rings. The Kier molecular flexibility index (Phi) is 4.76. The van der Waals surface area contributed by atoms with Gasteiger partial charge in [0.2, 0.25) is 0 Å². The van der Waals surface area contributed by atoms with Gasteiger partial charge in [0.1, 0.15) is 12.4 Å². The van der Waals surface area contributed by atoms with Gasteiger partial charge in [-0.3, -0.25) is 4.98 Å². The smallest absolute Gasteiger partial charge is 0.137 e. The van der Waals surface area contributed by atoms with Crippen molar-refractivity contribution in [3.63, 3.8) is 0 Å². The Morgan fingerprint density at radius 3 is 2.81 bits per heavy atom. The molecule has 0 amide bonds. The zero-order valence-corrected chi connectivity index (χ0v) is 12.7. The van der Waals surface area contributed by atoms with E-state index >= 15 is 0 Å². The quantitative estimate of drug-likeness (QED) is 0.906. The van der Waals surface area contributed by atoms with E-state index < -0.39 is 0 Å². The Balaban J connectivity index is 1.47. The van der Waals surface area contributed by atoms with E-state index in [-0.39, 0.29) is 11.7 Å². The van der Waals surface area contributed by atoms with Crippen molar-refractivity contribution in [2.75, 3.05) is 13.2 Å². The molecule has 116 valence electrons. The van der Waals surface area contributed by atoms with E-state index in [1.54, 1.807) is 6.20 Å². The van der Waals surface area contributed by atoms with Gasteiger partial charge in [0.15, 0.2) is 0 Å². The van der Waals surface area contributed by atoms with E-state index in [1.807, 2.05) is 12.1 Å². The van der Waals surface area contributed by atoms with E-state index in [0.29, 0.717) is 13.2 Å².